The Morgan fingerprint density at radius 1 is 1.62 bits per heavy atom. The summed E-state index contributed by atoms with van der Waals surface area (Å²) in [6, 6.07) is 0.294. The largest absolute Gasteiger partial charge is 0.325 e. The van der Waals surface area contributed by atoms with Gasteiger partial charge in [-0.3, -0.25) is 4.79 Å². The van der Waals surface area contributed by atoms with Gasteiger partial charge in [-0.25, -0.2) is 0 Å². The van der Waals surface area contributed by atoms with Crippen LogP contribution in [0.5, 0.6) is 0 Å². The molecule has 1 amide bonds. The Bertz CT molecular complexity index is 304. The first-order valence-electron chi connectivity index (χ1n) is 4.67. The number of hydrogen-bond donors (Lipinski definition) is 0. The van der Waals surface area contributed by atoms with Gasteiger partial charge in [-0.1, -0.05) is 4.68 Å². The van der Waals surface area contributed by atoms with E-state index in [9.17, 15) is 4.79 Å². The van der Waals surface area contributed by atoms with Crippen LogP contribution in [0, 0.1) is 0 Å². The van der Waals surface area contributed by atoms with Crippen LogP contribution in [-0.4, -0.2) is 46.5 Å². The average Bonchev–Trinajstić information content (AvgIpc) is 2.52. The first-order chi connectivity index (χ1) is 6.20. The molecule has 13 heavy (non-hydrogen) atoms. The summed E-state index contributed by atoms with van der Waals surface area (Å²) in [6.07, 6.45) is 2.50. The maximum atomic E-state index is 11.8. The normalized spacial score (nSPS) is 21.8. The van der Waals surface area contributed by atoms with Crippen LogP contribution in [0.15, 0.2) is 5.10 Å². The Morgan fingerprint density at radius 2 is 2.38 bits per heavy atom. The predicted molar refractivity (Wildman–Crippen MR) is 50.1 cm³/mol. The van der Waals surface area contributed by atoms with Gasteiger partial charge in [-0.2, -0.15) is 0 Å². The molecule has 0 aromatic heterocycles. The van der Waals surface area contributed by atoms with Gasteiger partial charge in [0.1, 0.15) is 0 Å². The molecule has 2 aliphatic heterocycles. The number of amides is 1. The van der Waals surface area contributed by atoms with Crippen molar-refractivity contribution in [2.75, 3.05) is 13.1 Å². The monoisotopic (exact) mass is 180 g/mol. The molecule has 0 bridgehead atoms. The third-order valence-electron chi connectivity index (χ3n) is 2.50. The number of hydrazone groups is 1. The fourth-order valence-electron chi connectivity index (χ4n) is 1.75. The highest BCUT2D eigenvalue weighted by atomic mass is 16.2. The summed E-state index contributed by atoms with van der Waals surface area (Å²) in [5.41, 5.74) is 0.833. The zero-order chi connectivity index (χ0) is 9.42. The van der Waals surface area contributed by atoms with E-state index in [1.165, 1.54) is 0 Å². The zero-order valence-corrected chi connectivity index (χ0v) is 8.03. The molecule has 2 rings (SSSR count). The van der Waals surface area contributed by atoms with E-state index >= 15 is 0 Å². The van der Waals surface area contributed by atoms with Crippen molar-refractivity contribution >= 4 is 17.8 Å². The van der Waals surface area contributed by atoms with Crippen molar-refractivity contribution in [3.05, 3.63) is 0 Å². The molecule has 0 unspecified atom stereocenters. The third-order valence-corrected chi connectivity index (χ3v) is 2.50. The summed E-state index contributed by atoms with van der Waals surface area (Å²) in [5.74, 6) is 0.152. The lowest BCUT2D eigenvalue weighted by atomic mass is 10.2. The van der Waals surface area contributed by atoms with Crippen LogP contribution in [-0.2, 0) is 4.79 Å². The van der Waals surface area contributed by atoms with Crippen LogP contribution in [0.4, 0.5) is 0 Å². The fourth-order valence-corrected chi connectivity index (χ4v) is 1.75. The van der Waals surface area contributed by atoms with E-state index in [4.69, 9.17) is 0 Å². The van der Waals surface area contributed by atoms with E-state index < -0.39 is 0 Å². The molecule has 0 aliphatic carbocycles. The van der Waals surface area contributed by atoms with E-state index in [-0.39, 0.29) is 5.91 Å². The van der Waals surface area contributed by atoms with Gasteiger partial charge in [-0.05, 0) is 18.9 Å². The number of nitrogens with zero attached hydrogens (tertiary/aromatic N) is 3. The minimum Gasteiger partial charge on any atom is -0.325 e. The number of rotatable bonds is 1. The Hall–Kier alpha value is -1.19. The lowest BCUT2D eigenvalue weighted by Gasteiger charge is -2.26. The SMILES string of the molecule is CC(C)N1CC[N+]2=C(CC=N2)C1=O. The fraction of sp³-hybridized carbons (Fsp3) is 0.667. The first-order valence-corrected chi connectivity index (χ1v) is 4.67. The molecule has 2 aliphatic rings. The molecule has 0 radical (unpaired) electrons. The second-order valence-corrected chi connectivity index (χ2v) is 3.66. The second kappa shape index (κ2) is 2.94. The summed E-state index contributed by atoms with van der Waals surface area (Å²) in [7, 11) is 0. The van der Waals surface area contributed by atoms with Gasteiger partial charge in [0.25, 0.3) is 5.71 Å². The smallest absolute Gasteiger partial charge is 0.317 e. The van der Waals surface area contributed by atoms with Crippen LogP contribution in [0.2, 0.25) is 0 Å². The molecule has 2 heterocycles. The van der Waals surface area contributed by atoms with E-state index in [0.717, 1.165) is 18.8 Å². The summed E-state index contributed by atoms with van der Waals surface area (Å²) < 4.78 is 1.82. The van der Waals surface area contributed by atoms with Gasteiger partial charge in [0.05, 0.1) is 19.2 Å². The molecular formula is C9H14N3O+. The van der Waals surface area contributed by atoms with Gasteiger partial charge < -0.3 is 4.90 Å². The van der Waals surface area contributed by atoms with E-state index in [1.807, 2.05) is 23.4 Å². The standard InChI is InChI=1S/C9H14N3O/c1-7(2)11-5-6-12-8(9(11)13)3-4-10-12/h4,7H,3,5-6H2,1-2H3/q+1. The quantitative estimate of drug-likeness (QED) is 0.526. The van der Waals surface area contributed by atoms with Gasteiger partial charge in [0, 0.05) is 6.04 Å². The van der Waals surface area contributed by atoms with E-state index in [1.54, 1.807) is 6.21 Å². The van der Waals surface area contributed by atoms with Crippen molar-refractivity contribution in [2.45, 2.75) is 26.3 Å². The van der Waals surface area contributed by atoms with E-state index in [0.29, 0.717) is 12.5 Å². The molecule has 70 valence electrons. The molecule has 4 nitrogen and oxygen atoms in total. The molecular weight excluding hydrogens is 166 g/mol. The zero-order valence-electron chi connectivity index (χ0n) is 8.03. The molecule has 0 aromatic carbocycles. The van der Waals surface area contributed by atoms with Crippen molar-refractivity contribution in [2.24, 2.45) is 5.10 Å². The minimum atomic E-state index is 0.152. The number of carbonyl (C=O) groups is 1. The van der Waals surface area contributed by atoms with Crippen LogP contribution < -0.4 is 0 Å². The molecule has 4 heteroatoms. The van der Waals surface area contributed by atoms with Crippen molar-refractivity contribution in [1.82, 2.24) is 4.90 Å². The average molecular weight is 180 g/mol. The van der Waals surface area contributed by atoms with Crippen LogP contribution >= 0.6 is 0 Å². The molecule has 0 fully saturated rings. The topological polar surface area (TPSA) is 35.7 Å². The van der Waals surface area contributed by atoms with Gasteiger partial charge >= 0.3 is 5.91 Å². The predicted octanol–water partition coefficient (Wildman–Crippen LogP) is 0.0800. The van der Waals surface area contributed by atoms with Crippen molar-refractivity contribution in [3.8, 4) is 0 Å². The maximum absolute atomic E-state index is 11.8. The maximum Gasteiger partial charge on any atom is 0.317 e. The summed E-state index contributed by atoms with van der Waals surface area (Å²) in [6.45, 7) is 5.72. The Kier molecular flexibility index (Phi) is 1.90. The lowest BCUT2D eigenvalue weighted by Crippen LogP contribution is -2.49. The van der Waals surface area contributed by atoms with Gasteiger partial charge in [0.15, 0.2) is 6.54 Å². The Morgan fingerprint density at radius 3 is 3.08 bits per heavy atom. The molecule has 0 saturated heterocycles. The van der Waals surface area contributed by atoms with E-state index in [2.05, 4.69) is 5.10 Å². The van der Waals surface area contributed by atoms with Crippen LogP contribution in [0.1, 0.15) is 20.3 Å². The highest BCUT2D eigenvalue weighted by Gasteiger charge is 2.37. The van der Waals surface area contributed by atoms with Gasteiger partial charge in [-0.15, -0.1) is 0 Å². The molecule has 0 aromatic rings. The van der Waals surface area contributed by atoms with Crippen molar-refractivity contribution < 1.29 is 9.48 Å². The third kappa shape index (κ3) is 1.26. The Labute approximate surface area is 77.5 Å². The highest BCUT2D eigenvalue weighted by molar-refractivity contribution is 6.39. The molecule has 0 saturated carbocycles. The first kappa shape index (κ1) is 8.41. The summed E-state index contributed by atoms with van der Waals surface area (Å²) in [4.78, 5) is 13.7. The Balaban J connectivity index is 2.24. The second-order valence-electron chi connectivity index (χ2n) is 3.66. The molecule has 0 spiro atoms. The molecule has 0 N–H and O–H groups in total. The van der Waals surface area contributed by atoms with Crippen molar-refractivity contribution in [3.63, 3.8) is 0 Å². The van der Waals surface area contributed by atoms with Gasteiger partial charge in [0.2, 0.25) is 0 Å². The number of carbonyl (C=O) groups excluding carboxylic acids is 1. The van der Waals surface area contributed by atoms with Crippen molar-refractivity contribution in [1.29, 1.82) is 0 Å². The molecule has 0 atom stereocenters. The number of hydrogen-bond acceptors (Lipinski definition) is 2. The van der Waals surface area contributed by atoms with Crippen LogP contribution in [0.25, 0.3) is 0 Å². The minimum absolute atomic E-state index is 0.152. The summed E-state index contributed by atoms with van der Waals surface area (Å²) in [5, 5.41) is 4.13. The van der Waals surface area contributed by atoms with Crippen LogP contribution in [0.3, 0.4) is 0 Å². The lowest BCUT2D eigenvalue weighted by molar-refractivity contribution is -0.532. The highest BCUT2D eigenvalue weighted by Crippen LogP contribution is 2.10. The summed E-state index contributed by atoms with van der Waals surface area (Å²) >= 11 is 0.